The van der Waals surface area contributed by atoms with Crippen molar-refractivity contribution in [2.45, 2.75) is 6.92 Å². The van der Waals surface area contributed by atoms with Crippen molar-refractivity contribution >= 4 is 5.91 Å². The van der Waals surface area contributed by atoms with Gasteiger partial charge in [0, 0.05) is 27.2 Å². The standard InChI is InChI=1S/C12H26N2O4/c1-4-14(2)12(15)11-13-5-6-17-9-10-18-8-7-16-3/h13H,4-11H2,1-3H3. The monoisotopic (exact) mass is 262 g/mol. The van der Waals surface area contributed by atoms with Crippen LogP contribution in [0.25, 0.3) is 0 Å². The number of rotatable bonds is 12. The van der Waals surface area contributed by atoms with Crippen LogP contribution in [-0.4, -0.2) is 77.6 Å². The number of hydrogen-bond donors (Lipinski definition) is 1. The van der Waals surface area contributed by atoms with E-state index in [9.17, 15) is 4.79 Å². The van der Waals surface area contributed by atoms with Gasteiger partial charge >= 0.3 is 0 Å². The molecule has 0 heterocycles. The van der Waals surface area contributed by atoms with Crippen LogP contribution in [0, 0.1) is 0 Å². The second kappa shape index (κ2) is 12.8. The maximum absolute atomic E-state index is 11.4. The zero-order valence-electron chi connectivity index (χ0n) is 11.7. The largest absolute Gasteiger partial charge is 0.382 e. The van der Waals surface area contributed by atoms with Gasteiger partial charge < -0.3 is 24.4 Å². The van der Waals surface area contributed by atoms with Gasteiger partial charge in [-0.25, -0.2) is 0 Å². The Kier molecular flexibility index (Phi) is 12.3. The Morgan fingerprint density at radius 1 is 1.11 bits per heavy atom. The number of hydrogen-bond acceptors (Lipinski definition) is 5. The zero-order chi connectivity index (χ0) is 13.6. The minimum Gasteiger partial charge on any atom is -0.382 e. The molecule has 108 valence electrons. The highest BCUT2D eigenvalue weighted by Gasteiger charge is 2.04. The number of ether oxygens (including phenoxy) is 3. The summed E-state index contributed by atoms with van der Waals surface area (Å²) in [6, 6.07) is 0. The van der Waals surface area contributed by atoms with Gasteiger partial charge in [-0.1, -0.05) is 0 Å². The number of nitrogens with one attached hydrogen (secondary N) is 1. The lowest BCUT2D eigenvalue weighted by molar-refractivity contribution is -0.128. The molecule has 0 bridgehead atoms. The van der Waals surface area contributed by atoms with Crippen LogP contribution >= 0.6 is 0 Å². The van der Waals surface area contributed by atoms with Gasteiger partial charge in [0.15, 0.2) is 0 Å². The first-order chi connectivity index (χ1) is 8.72. The number of amides is 1. The minimum absolute atomic E-state index is 0.0976. The van der Waals surface area contributed by atoms with Crippen LogP contribution in [0.4, 0.5) is 0 Å². The molecule has 0 atom stereocenters. The Labute approximate surface area is 110 Å². The topological polar surface area (TPSA) is 60.0 Å². The lowest BCUT2D eigenvalue weighted by Crippen LogP contribution is -2.36. The third-order valence-electron chi connectivity index (χ3n) is 2.40. The summed E-state index contributed by atoms with van der Waals surface area (Å²) >= 11 is 0. The smallest absolute Gasteiger partial charge is 0.236 e. The van der Waals surface area contributed by atoms with Crippen molar-refractivity contribution in [3.05, 3.63) is 0 Å². The van der Waals surface area contributed by atoms with Crippen molar-refractivity contribution in [2.24, 2.45) is 0 Å². The third-order valence-corrected chi connectivity index (χ3v) is 2.40. The second-order valence-electron chi connectivity index (χ2n) is 3.80. The van der Waals surface area contributed by atoms with Gasteiger partial charge in [0.1, 0.15) is 0 Å². The van der Waals surface area contributed by atoms with Gasteiger partial charge in [-0.15, -0.1) is 0 Å². The molecule has 0 fully saturated rings. The first-order valence-electron chi connectivity index (χ1n) is 6.31. The van der Waals surface area contributed by atoms with E-state index in [0.29, 0.717) is 46.1 Å². The molecule has 0 aliphatic carbocycles. The molecular formula is C12H26N2O4. The summed E-state index contributed by atoms with van der Waals surface area (Å²) in [6.07, 6.45) is 0. The van der Waals surface area contributed by atoms with Gasteiger partial charge in [0.25, 0.3) is 0 Å². The molecule has 0 aromatic heterocycles. The average Bonchev–Trinajstić information content (AvgIpc) is 2.39. The zero-order valence-corrected chi connectivity index (χ0v) is 11.7. The van der Waals surface area contributed by atoms with Crippen LogP contribution in [0.2, 0.25) is 0 Å². The van der Waals surface area contributed by atoms with Crippen LogP contribution < -0.4 is 5.32 Å². The van der Waals surface area contributed by atoms with E-state index in [1.165, 1.54) is 0 Å². The molecule has 0 aromatic carbocycles. The van der Waals surface area contributed by atoms with Crippen LogP contribution in [0.15, 0.2) is 0 Å². The van der Waals surface area contributed by atoms with Crippen molar-refractivity contribution in [1.29, 1.82) is 0 Å². The fourth-order valence-corrected chi connectivity index (χ4v) is 1.12. The van der Waals surface area contributed by atoms with Crippen molar-refractivity contribution in [2.75, 3.05) is 66.8 Å². The van der Waals surface area contributed by atoms with Crippen LogP contribution in [-0.2, 0) is 19.0 Å². The van der Waals surface area contributed by atoms with E-state index in [2.05, 4.69) is 5.32 Å². The normalized spacial score (nSPS) is 10.6. The van der Waals surface area contributed by atoms with Crippen molar-refractivity contribution in [1.82, 2.24) is 10.2 Å². The molecule has 6 heteroatoms. The predicted octanol–water partition coefficient (Wildman–Crippen LogP) is -0.266. The van der Waals surface area contributed by atoms with E-state index in [1.807, 2.05) is 6.92 Å². The first kappa shape index (κ1) is 17.3. The molecule has 18 heavy (non-hydrogen) atoms. The molecule has 0 saturated heterocycles. The lowest BCUT2D eigenvalue weighted by atomic mass is 10.5. The van der Waals surface area contributed by atoms with Gasteiger partial charge in [-0.3, -0.25) is 4.79 Å². The Morgan fingerprint density at radius 3 is 2.33 bits per heavy atom. The highest BCUT2D eigenvalue weighted by atomic mass is 16.5. The molecule has 0 unspecified atom stereocenters. The van der Waals surface area contributed by atoms with Gasteiger partial charge in [0.05, 0.1) is 39.6 Å². The SMILES string of the molecule is CCN(C)C(=O)CNCCOCCOCCOC. The third kappa shape index (κ3) is 10.5. The van der Waals surface area contributed by atoms with E-state index < -0.39 is 0 Å². The van der Waals surface area contributed by atoms with Crippen LogP contribution in [0.3, 0.4) is 0 Å². The summed E-state index contributed by atoms with van der Waals surface area (Å²) in [5.41, 5.74) is 0. The lowest BCUT2D eigenvalue weighted by Gasteiger charge is -2.14. The fourth-order valence-electron chi connectivity index (χ4n) is 1.12. The minimum atomic E-state index is 0.0976. The molecule has 0 saturated carbocycles. The van der Waals surface area contributed by atoms with E-state index >= 15 is 0 Å². The number of likely N-dealkylation sites (N-methyl/N-ethyl adjacent to an activating group) is 1. The first-order valence-corrected chi connectivity index (χ1v) is 6.31. The highest BCUT2D eigenvalue weighted by Crippen LogP contribution is 1.82. The summed E-state index contributed by atoms with van der Waals surface area (Å²) in [6.45, 7) is 6.62. The Balaban J connectivity index is 3.14. The second-order valence-corrected chi connectivity index (χ2v) is 3.80. The van der Waals surface area contributed by atoms with E-state index in [0.717, 1.165) is 6.54 Å². The van der Waals surface area contributed by atoms with Crippen LogP contribution in [0.5, 0.6) is 0 Å². The summed E-state index contributed by atoms with van der Waals surface area (Å²) < 4.78 is 15.4. The van der Waals surface area contributed by atoms with E-state index in [4.69, 9.17) is 14.2 Å². The summed E-state index contributed by atoms with van der Waals surface area (Å²) in [4.78, 5) is 13.1. The van der Waals surface area contributed by atoms with E-state index in [1.54, 1.807) is 19.1 Å². The van der Waals surface area contributed by atoms with Crippen LogP contribution in [0.1, 0.15) is 6.92 Å². The van der Waals surface area contributed by atoms with E-state index in [-0.39, 0.29) is 5.91 Å². The molecule has 0 aliphatic heterocycles. The molecule has 0 radical (unpaired) electrons. The average molecular weight is 262 g/mol. The molecule has 0 aromatic rings. The maximum Gasteiger partial charge on any atom is 0.236 e. The number of carbonyl (C=O) groups is 1. The Morgan fingerprint density at radius 2 is 1.72 bits per heavy atom. The molecule has 1 N–H and O–H groups in total. The molecule has 6 nitrogen and oxygen atoms in total. The van der Waals surface area contributed by atoms with Gasteiger partial charge in [0.2, 0.25) is 5.91 Å². The highest BCUT2D eigenvalue weighted by molar-refractivity contribution is 5.77. The molecule has 1 amide bonds. The summed E-state index contributed by atoms with van der Waals surface area (Å²) in [7, 11) is 3.43. The number of methoxy groups -OCH3 is 1. The number of nitrogens with zero attached hydrogens (tertiary/aromatic N) is 1. The van der Waals surface area contributed by atoms with Gasteiger partial charge in [-0.05, 0) is 6.92 Å². The summed E-state index contributed by atoms with van der Waals surface area (Å²) in [5.74, 6) is 0.0976. The number of carbonyl (C=O) groups excluding carboxylic acids is 1. The Hall–Kier alpha value is -0.690. The molecule has 0 rings (SSSR count). The molecule has 0 aliphatic rings. The quantitative estimate of drug-likeness (QED) is 0.491. The Bertz CT molecular complexity index is 203. The van der Waals surface area contributed by atoms with Crippen molar-refractivity contribution < 1.29 is 19.0 Å². The van der Waals surface area contributed by atoms with Crippen molar-refractivity contribution in [3.63, 3.8) is 0 Å². The molecular weight excluding hydrogens is 236 g/mol. The predicted molar refractivity (Wildman–Crippen MR) is 69.7 cm³/mol. The molecule has 0 spiro atoms. The van der Waals surface area contributed by atoms with Crippen molar-refractivity contribution in [3.8, 4) is 0 Å². The van der Waals surface area contributed by atoms with Gasteiger partial charge in [-0.2, -0.15) is 0 Å². The fraction of sp³-hybridized carbons (Fsp3) is 0.917. The summed E-state index contributed by atoms with van der Waals surface area (Å²) in [5, 5.41) is 3.03. The maximum atomic E-state index is 11.4.